The summed E-state index contributed by atoms with van der Waals surface area (Å²) in [6.45, 7) is 2.54. The largest absolute Gasteiger partial charge is 0.493 e. The molecular formula is C25H29NO7. The van der Waals surface area contributed by atoms with Crippen molar-refractivity contribution in [2.24, 2.45) is 0 Å². The lowest BCUT2D eigenvalue weighted by atomic mass is 9.95. The van der Waals surface area contributed by atoms with Crippen LogP contribution in [-0.4, -0.2) is 46.6 Å². The molecule has 4 rings (SSSR count). The van der Waals surface area contributed by atoms with Gasteiger partial charge >= 0.3 is 0 Å². The van der Waals surface area contributed by atoms with Gasteiger partial charge in [0.1, 0.15) is 6.10 Å². The zero-order valence-corrected chi connectivity index (χ0v) is 19.4. The standard InChI is InChI=1S/C25H29NO7/c1-14(27)26-19-7-5-15-11-22(29-2)24(30-3)25(31-4)23(15)17-6-8-20(28)21(12-18(17)19)33-16-9-10-32-13-16/h6,8,11-12,16,19H,5,7,9-10,13H2,1-4H3,(H,26,27)/t16-,19-/m0/s1. The number of rotatable bonds is 6. The molecule has 176 valence electrons. The molecule has 1 heterocycles. The molecule has 1 N–H and O–H groups in total. The topological polar surface area (TPSA) is 92.3 Å². The van der Waals surface area contributed by atoms with Gasteiger partial charge in [0.25, 0.3) is 0 Å². The minimum atomic E-state index is -0.319. The molecule has 1 fully saturated rings. The molecule has 0 saturated carbocycles. The first-order valence-corrected chi connectivity index (χ1v) is 11.0. The van der Waals surface area contributed by atoms with Gasteiger partial charge in [-0.2, -0.15) is 0 Å². The van der Waals surface area contributed by atoms with Crippen LogP contribution in [0.5, 0.6) is 23.0 Å². The van der Waals surface area contributed by atoms with E-state index >= 15 is 0 Å². The van der Waals surface area contributed by atoms with Crippen LogP contribution in [0.15, 0.2) is 29.1 Å². The lowest BCUT2D eigenvalue weighted by molar-refractivity contribution is -0.119. The van der Waals surface area contributed by atoms with Gasteiger partial charge in [0.05, 0.1) is 40.6 Å². The molecule has 0 aromatic heterocycles. The van der Waals surface area contributed by atoms with Gasteiger partial charge in [0.2, 0.25) is 17.1 Å². The predicted octanol–water partition coefficient (Wildman–Crippen LogP) is 3.03. The number of nitrogens with one attached hydrogen (secondary N) is 1. The van der Waals surface area contributed by atoms with Crippen LogP contribution in [0.4, 0.5) is 0 Å². The summed E-state index contributed by atoms with van der Waals surface area (Å²) in [5.74, 6) is 1.63. The number of ether oxygens (including phenoxy) is 5. The van der Waals surface area contributed by atoms with Gasteiger partial charge in [-0.25, -0.2) is 0 Å². The van der Waals surface area contributed by atoms with E-state index < -0.39 is 0 Å². The van der Waals surface area contributed by atoms with Crippen molar-refractivity contribution in [2.45, 2.75) is 38.3 Å². The van der Waals surface area contributed by atoms with Crippen LogP contribution in [0, 0.1) is 0 Å². The zero-order valence-electron chi connectivity index (χ0n) is 19.4. The Morgan fingerprint density at radius 2 is 1.82 bits per heavy atom. The first-order chi connectivity index (χ1) is 16.0. The summed E-state index contributed by atoms with van der Waals surface area (Å²) in [5.41, 5.74) is 3.10. The summed E-state index contributed by atoms with van der Waals surface area (Å²) >= 11 is 0. The van der Waals surface area contributed by atoms with Crippen molar-refractivity contribution in [3.63, 3.8) is 0 Å². The highest BCUT2D eigenvalue weighted by molar-refractivity contribution is 5.83. The van der Waals surface area contributed by atoms with Crippen LogP contribution in [0.25, 0.3) is 11.1 Å². The third-order valence-corrected chi connectivity index (χ3v) is 6.06. The summed E-state index contributed by atoms with van der Waals surface area (Å²) in [4.78, 5) is 25.0. The molecule has 2 aromatic carbocycles. The fraction of sp³-hybridized carbons (Fsp3) is 0.440. The first-order valence-electron chi connectivity index (χ1n) is 11.0. The highest BCUT2D eigenvalue weighted by Gasteiger charge is 2.30. The minimum Gasteiger partial charge on any atom is -0.493 e. The Balaban J connectivity index is 1.97. The fourth-order valence-electron chi connectivity index (χ4n) is 4.57. The lowest BCUT2D eigenvalue weighted by Crippen LogP contribution is -2.26. The fourth-order valence-corrected chi connectivity index (χ4v) is 4.57. The van der Waals surface area contributed by atoms with E-state index in [0.29, 0.717) is 43.3 Å². The first kappa shape index (κ1) is 22.9. The number of amides is 1. The number of hydrogen-bond acceptors (Lipinski definition) is 7. The van der Waals surface area contributed by atoms with E-state index in [1.54, 1.807) is 33.5 Å². The van der Waals surface area contributed by atoms with Gasteiger partial charge in [-0.05, 0) is 53.8 Å². The Bertz CT molecular complexity index is 1110. The maximum Gasteiger partial charge on any atom is 0.220 e. The minimum absolute atomic E-state index is 0.153. The van der Waals surface area contributed by atoms with Crippen molar-refractivity contribution >= 4 is 5.91 Å². The van der Waals surface area contributed by atoms with Crippen LogP contribution < -0.4 is 29.7 Å². The molecule has 0 spiro atoms. The van der Waals surface area contributed by atoms with Crippen LogP contribution in [0.3, 0.4) is 0 Å². The molecule has 0 unspecified atom stereocenters. The third kappa shape index (κ3) is 4.48. The second-order valence-corrected chi connectivity index (χ2v) is 8.15. The van der Waals surface area contributed by atoms with E-state index in [1.807, 2.05) is 6.07 Å². The van der Waals surface area contributed by atoms with Crippen LogP contribution >= 0.6 is 0 Å². The van der Waals surface area contributed by atoms with Crippen molar-refractivity contribution in [1.29, 1.82) is 0 Å². The van der Waals surface area contributed by atoms with E-state index in [1.165, 1.54) is 13.0 Å². The second kappa shape index (κ2) is 9.70. The maximum atomic E-state index is 12.9. The van der Waals surface area contributed by atoms with Crippen molar-refractivity contribution in [1.82, 2.24) is 5.32 Å². The molecule has 8 heteroatoms. The monoisotopic (exact) mass is 455 g/mol. The van der Waals surface area contributed by atoms with Crippen LogP contribution in [-0.2, 0) is 16.0 Å². The Hall–Kier alpha value is -3.26. The Morgan fingerprint density at radius 3 is 2.45 bits per heavy atom. The Labute approximate surface area is 192 Å². The molecule has 2 aliphatic rings. The summed E-state index contributed by atoms with van der Waals surface area (Å²) < 4.78 is 28.4. The zero-order chi connectivity index (χ0) is 23.5. The van der Waals surface area contributed by atoms with E-state index in [9.17, 15) is 9.59 Å². The normalized spacial score (nSPS) is 19.0. The van der Waals surface area contributed by atoms with Gasteiger partial charge in [-0.15, -0.1) is 0 Å². The molecule has 1 amide bonds. The highest BCUT2D eigenvalue weighted by atomic mass is 16.5. The van der Waals surface area contributed by atoms with E-state index in [0.717, 1.165) is 28.7 Å². The molecule has 2 aromatic rings. The molecule has 1 aliphatic heterocycles. The van der Waals surface area contributed by atoms with Gasteiger partial charge in [-0.3, -0.25) is 9.59 Å². The summed E-state index contributed by atoms with van der Waals surface area (Å²) in [6, 6.07) is 6.63. The van der Waals surface area contributed by atoms with Crippen molar-refractivity contribution in [3.05, 3.63) is 45.6 Å². The average molecular weight is 456 g/mol. The molecule has 1 aliphatic carbocycles. The second-order valence-electron chi connectivity index (χ2n) is 8.15. The molecule has 0 bridgehead atoms. The van der Waals surface area contributed by atoms with E-state index in [-0.39, 0.29) is 29.2 Å². The van der Waals surface area contributed by atoms with Gasteiger partial charge in [-0.1, -0.05) is 0 Å². The number of aryl methyl sites for hydroxylation is 1. The molecule has 8 nitrogen and oxygen atoms in total. The predicted molar refractivity (Wildman–Crippen MR) is 123 cm³/mol. The van der Waals surface area contributed by atoms with Crippen molar-refractivity contribution in [2.75, 3.05) is 34.5 Å². The number of methoxy groups -OCH3 is 3. The third-order valence-electron chi connectivity index (χ3n) is 6.06. The quantitative estimate of drug-likeness (QED) is 0.716. The molecule has 2 atom stereocenters. The Morgan fingerprint density at radius 1 is 1.03 bits per heavy atom. The SMILES string of the molecule is COc1cc2c(c(OC)c1OC)-c1ccc(=O)c(O[C@H]3CCOC3)cc1[C@@H](NC(C)=O)CC2. The van der Waals surface area contributed by atoms with Crippen LogP contribution in [0.1, 0.15) is 36.9 Å². The molecule has 33 heavy (non-hydrogen) atoms. The van der Waals surface area contributed by atoms with Gasteiger partial charge < -0.3 is 29.0 Å². The van der Waals surface area contributed by atoms with Crippen LogP contribution in [0.2, 0.25) is 0 Å². The van der Waals surface area contributed by atoms with Gasteiger partial charge in [0.15, 0.2) is 17.2 Å². The van der Waals surface area contributed by atoms with Gasteiger partial charge in [0, 0.05) is 18.9 Å². The number of benzene rings is 1. The van der Waals surface area contributed by atoms with E-state index in [2.05, 4.69) is 5.32 Å². The average Bonchev–Trinajstić information content (AvgIpc) is 3.21. The smallest absolute Gasteiger partial charge is 0.220 e. The van der Waals surface area contributed by atoms with E-state index in [4.69, 9.17) is 23.7 Å². The lowest BCUT2D eigenvalue weighted by Gasteiger charge is -2.20. The summed E-state index contributed by atoms with van der Waals surface area (Å²) in [6.07, 6.45) is 1.84. The molecule has 0 radical (unpaired) electrons. The molecule has 1 saturated heterocycles. The number of carbonyl (C=O) groups excluding carboxylic acids is 1. The maximum absolute atomic E-state index is 12.9. The molecular weight excluding hydrogens is 426 g/mol. The van der Waals surface area contributed by atoms with Crippen molar-refractivity contribution < 1.29 is 28.5 Å². The Kier molecular flexibility index (Phi) is 6.74. The highest BCUT2D eigenvalue weighted by Crippen LogP contribution is 2.50. The van der Waals surface area contributed by atoms with Crippen molar-refractivity contribution in [3.8, 4) is 34.1 Å². The summed E-state index contributed by atoms with van der Waals surface area (Å²) in [7, 11) is 4.71. The number of fused-ring (bicyclic) bond motifs is 3. The number of hydrogen-bond donors (Lipinski definition) is 1. The summed E-state index contributed by atoms with van der Waals surface area (Å²) in [5, 5.41) is 3.04. The number of carbonyl (C=O) groups is 1.